The Morgan fingerprint density at radius 1 is 1.25 bits per heavy atom. The second-order valence-electron chi connectivity index (χ2n) is 4.79. The monoisotopic (exact) mass is 227 g/mol. The van der Waals surface area contributed by atoms with Crippen molar-refractivity contribution in [1.29, 1.82) is 0 Å². The Bertz CT molecular complexity index is 260. The first kappa shape index (κ1) is 11.8. The molecule has 0 saturated carbocycles. The van der Waals surface area contributed by atoms with Crippen molar-refractivity contribution >= 4 is 5.91 Å². The highest BCUT2D eigenvalue weighted by Gasteiger charge is 2.34. The van der Waals surface area contributed by atoms with E-state index in [1.807, 2.05) is 4.90 Å². The molecule has 0 aromatic heterocycles. The molecule has 92 valence electrons. The molecule has 2 unspecified atom stereocenters. The molecule has 0 aliphatic carbocycles. The summed E-state index contributed by atoms with van der Waals surface area (Å²) in [5, 5.41) is 0. The maximum Gasteiger partial charge on any atom is 0.229 e. The van der Waals surface area contributed by atoms with Crippen LogP contribution in [0.15, 0.2) is 0 Å². The number of hydrogen-bond donors (Lipinski definition) is 1. The van der Waals surface area contributed by atoms with Crippen molar-refractivity contribution in [2.24, 2.45) is 11.7 Å². The number of nitrogens with zero attached hydrogens (tertiary/aromatic N) is 2. The molecule has 0 aromatic rings. The van der Waals surface area contributed by atoms with Crippen LogP contribution >= 0.6 is 0 Å². The van der Waals surface area contributed by atoms with Gasteiger partial charge in [-0.25, -0.2) is 0 Å². The number of rotatable bonds is 1. The van der Waals surface area contributed by atoms with Gasteiger partial charge in [-0.05, 0) is 20.0 Å². The van der Waals surface area contributed by atoms with Crippen molar-refractivity contribution in [3.63, 3.8) is 0 Å². The molecule has 2 aliphatic heterocycles. The highest BCUT2D eigenvalue weighted by molar-refractivity contribution is 5.80. The van der Waals surface area contributed by atoms with Gasteiger partial charge in [-0.15, -0.1) is 0 Å². The third-order valence-electron chi connectivity index (χ3n) is 3.47. The van der Waals surface area contributed by atoms with E-state index in [9.17, 15) is 4.79 Å². The van der Waals surface area contributed by atoms with Crippen LogP contribution < -0.4 is 5.73 Å². The Balaban J connectivity index is 1.93. The van der Waals surface area contributed by atoms with Crippen LogP contribution in [0.25, 0.3) is 0 Å². The van der Waals surface area contributed by atoms with Crippen LogP contribution in [0.1, 0.15) is 6.42 Å². The average molecular weight is 227 g/mol. The van der Waals surface area contributed by atoms with Crippen molar-refractivity contribution in [2.75, 3.05) is 46.4 Å². The van der Waals surface area contributed by atoms with Gasteiger partial charge in [0.25, 0.3) is 0 Å². The quantitative estimate of drug-likeness (QED) is 0.632. The molecule has 0 aromatic carbocycles. The molecular weight excluding hydrogens is 206 g/mol. The molecule has 0 radical (unpaired) electrons. The Labute approximate surface area is 96.5 Å². The van der Waals surface area contributed by atoms with Gasteiger partial charge in [0.15, 0.2) is 0 Å². The van der Waals surface area contributed by atoms with E-state index in [4.69, 9.17) is 10.5 Å². The summed E-state index contributed by atoms with van der Waals surface area (Å²) in [6, 6.07) is -0.117. The Morgan fingerprint density at radius 3 is 2.75 bits per heavy atom. The van der Waals surface area contributed by atoms with Gasteiger partial charge in [-0.1, -0.05) is 0 Å². The zero-order valence-electron chi connectivity index (χ0n) is 9.89. The Morgan fingerprint density at radius 2 is 2.06 bits per heavy atom. The summed E-state index contributed by atoms with van der Waals surface area (Å²) < 4.78 is 5.25. The van der Waals surface area contributed by atoms with Crippen molar-refractivity contribution in [1.82, 2.24) is 9.80 Å². The van der Waals surface area contributed by atoms with Crippen molar-refractivity contribution in [3.05, 3.63) is 0 Å². The van der Waals surface area contributed by atoms with Crippen LogP contribution in [0.5, 0.6) is 0 Å². The maximum atomic E-state index is 12.2. The lowest BCUT2D eigenvalue weighted by molar-refractivity contribution is -0.135. The lowest BCUT2D eigenvalue weighted by atomic mass is 10.0. The van der Waals surface area contributed by atoms with E-state index in [-0.39, 0.29) is 17.9 Å². The van der Waals surface area contributed by atoms with Crippen molar-refractivity contribution in [3.8, 4) is 0 Å². The average Bonchev–Trinajstić information content (AvgIpc) is 2.56. The fourth-order valence-corrected chi connectivity index (χ4v) is 2.33. The van der Waals surface area contributed by atoms with Crippen molar-refractivity contribution in [2.45, 2.75) is 12.5 Å². The molecule has 2 saturated heterocycles. The second kappa shape index (κ2) is 5.12. The number of carbonyl (C=O) groups is 1. The number of hydrogen-bond acceptors (Lipinski definition) is 4. The van der Waals surface area contributed by atoms with E-state index in [1.54, 1.807) is 0 Å². The largest absolute Gasteiger partial charge is 0.379 e. The fraction of sp³-hybridized carbons (Fsp3) is 0.909. The molecule has 5 nitrogen and oxygen atoms in total. The summed E-state index contributed by atoms with van der Waals surface area (Å²) in [6.07, 6.45) is 1.05. The van der Waals surface area contributed by atoms with E-state index in [2.05, 4.69) is 11.9 Å². The van der Waals surface area contributed by atoms with Crippen LogP contribution in [-0.2, 0) is 9.53 Å². The van der Waals surface area contributed by atoms with Crippen molar-refractivity contribution < 1.29 is 9.53 Å². The van der Waals surface area contributed by atoms with E-state index in [0.717, 1.165) is 32.6 Å². The first-order chi connectivity index (χ1) is 7.68. The molecule has 1 amide bonds. The van der Waals surface area contributed by atoms with Gasteiger partial charge in [0.05, 0.1) is 19.1 Å². The molecule has 2 rings (SSSR count). The van der Waals surface area contributed by atoms with Gasteiger partial charge in [0, 0.05) is 25.7 Å². The highest BCUT2D eigenvalue weighted by Crippen LogP contribution is 2.16. The van der Waals surface area contributed by atoms with Crippen LogP contribution in [0, 0.1) is 5.92 Å². The van der Waals surface area contributed by atoms with Crippen LogP contribution in [-0.4, -0.2) is 68.2 Å². The summed E-state index contributed by atoms with van der Waals surface area (Å²) in [7, 11) is 2.10. The minimum Gasteiger partial charge on any atom is -0.379 e. The normalized spacial score (nSPS) is 32.8. The van der Waals surface area contributed by atoms with Gasteiger partial charge >= 0.3 is 0 Å². The summed E-state index contributed by atoms with van der Waals surface area (Å²) in [4.78, 5) is 16.4. The molecule has 0 spiro atoms. The predicted octanol–water partition coefficient (Wildman–Crippen LogP) is -0.876. The lowest BCUT2D eigenvalue weighted by Gasteiger charge is -2.24. The van der Waals surface area contributed by atoms with Gasteiger partial charge < -0.3 is 20.3 Å². The minimum atomic E-state index is -0.122. The molecule has 2 heterocycles. The first-order valence-corrected chi connectivity index (χ1v) is 5.99. The molecule has 5 heteroatoms. The number of nitrogens with two attached hydrogens (primary N) is 1. The zero-order chi connectivity index (χ0) is 11.5. The molecule has 2 aliphatic rings. The maximum absolute atomic E-state index is 12.2. The Hall–Kier alpha value is -0.650. The lowest BCUT2D eigenvalue weighted by Crippen LogP contribution is -2.44. The predicted molar refractivity (Wildman–Crippen MR) is 61.0 cm³/mol. The Kier molecular flexibility index (Phi) is 3.78. The van der Waals surface area contributed by atoms with Gasteiger partial charge in [-0.2, -0.15) is 0 Å². The smallest absolute Gasteiger partial charge is 0.229 e. The molecule has 2 N–H and O–H groups in total. The summed E-state index contributed by atoms with van der Waals surface area (Å²) in [5.41, 5.74) is 5.87. The summed E-state index contributed by atoms with van der Waals surface area (Å²) >= 11 is 0. The summed E-state index contributed by atoms with van der Waals surface area (Å²) in [5.74, 6) is 0.0590. The number of carbonyl (C=O) groups excluding carboxylic acids is 1. The summed E-state index contributed by atoms with van der Waals surface area (Å²) in [6.45, 7) is 4.70. The van der Waals surface area contributed by atoms with E-state index in [0.29, 0.717) is 13.2 Å². The van der Waals surface area contributed by atoms with Crippen LogP contribution in [0.3, 0.4) is 0 Å². The topological polar surface area (TPSA) is 58.8 Å². The van der Waals surface area contributed by atoms with Gasteiger partial charge in [0.2, 0.25) is 5.91 Å². The van der Waals surface area contributed by atoms with Gasteiger partial charge in [-0.3, -0.25) is 4.79 Å². The highest BCUT2D eigenvalue weighted by atomic mass is 16.5. The molecule has 16 heavy (non-hydrogen) atoms. The van der Waals surface area contributed by atoms with Crippen LogP contribution in [0.4, 0.5) is 0 Å². The van der Waals surface area contributed by atoms with Gasteiger partial charge in [0.1, 0.15) is 0 Å². The van der Waals surface area contributed by atoms with E-state index < -0.39 is 0 Å². The van der Waals surface area contributed by atoms with E-state index in [1.165, 1.54) is 0 Å². The molecule has 2 atom stereocenters. The number of amides is 1. The van der Waals surface area contributed by atoms with E-state index >= 15 is 0 Å². The third kappa shape index (κ3) is 2.53. The third-order valence-corrected chi connectivity index (χ3v) is 3.47. The number of ether oxygens (including phenoxy) is 1. The molecule has 0 bridgehead atoms. The number of likely N-dealkylation sites (N-methyl/N-ethyl adjacent to an activating group) is 1. The fourth-order valence-electron chi connectivity index (χ4n) is 2.33. The SMILES string of the molecule is CN1CCCN(C(=O)C2COCC2N)CC1. The zero-order valence-corrected chi connectivity index (χ0v) is 9.89. The molecular formula is C11H21N3O2. The minimum absolute atomic E-state index is 0.117. The van der Waals surface area contributed by atoms with Crippen LogP contribution in [0.2, 0.25) is 0 Å². The second-order valence-corrected chi connectivity index (χ2v) is 4.79. The first-order valence-electron chi connectivity index (χ1n) is 5.99. The standard InChI is InChI=1S/C11H21N3O2/c1-13-3-2-4-14(6-5-13)11(15)9-7-16-8-10(9)12/h9-10H,2-8,12H2,1H3. The molecule has 2 fully saturated rings.